The number of benzene rings is 2. The quantitative estimate of drug-likeness (QED) is 0.666. The molecule has 3 rings (SSSR count). The van der Waals surface area contributed by atoms with E-state index in [1.807, 2.05) is 60.7 Å². The third-order valence-electron chi connectivity index (χ3n) is 2.38. The van der Waals surface area contributed by atoms with Crippen molar-refractivity contribution in [2.75, 3.05) is 18.9 Å². The maximum Gasteiger partial charge on any atom is 0.119 e. The van der Waals surface area contributed by atoms with Gasteiger partial charge in [-0.05, 0) is 24.3 Å². The van der Waals surface area contributed by atoms with Crippen LogP contribution in [0.5, 0.6) is 5.75 Å². The summed E-state index contributed by atoms with van der Waals surface area (Å²) in [5.74, 6) is 0.919. The molecule has 18 heavy (non-hydrogen) atoms. The number of hydrogen-bond donors (Lipinski definition) is 1. The first kappa shape index (κ1) is 12.5. The molecule has 2 aromatic carbocycles. The first-order chi connectivity index (χ1) is 8.84. The summed E-state index contributed by atoms with van der Waals surface area (Å²) >= 11 is 0. The Morgan fingerprint density at radius 2 is 1.56 bits per heavy atom. The highest BCUT2D eigenvalue weighted by molar-refractivity contribution is 5.35. The molecule has 1 aliphatic heterocycles. The van der Waals surface area contributed by atoms with Gasteiger partial charge in [0.05, 0.1) is 6.61 Å². The molecule has 0 radical (unpaired) electrons. The van der Waals surface area contributed by atoms with E-state index in [0.29, 0.717) is 12.7 Å². The third-order valence-corrected chi connectivity index (χ3v) is 2.38. The third kappa shape index (κ3) is 4.89. The average Bonchev–Trinajstić information content (AvgIpc) is 3.23. The Bertz CT molecular complexity index is 441. The number of para-hydroxylation sites is 2. The van der Waals surface area contributed by atoms with E-state index in [9.17, 15) is 0 Å². The standard InChI is InChI=1S/C9H10O2.C6H7N/c1-2-4-8(5-3-1)10-6-9-7-11-9;7-6-4-2-1-3-5-6/h1-5,9H,6-7H2;1-5H,7H2. The van der Waals surface area contributed by atoms with Crippen LogP contribution in [0.25, 0.3) is 0 Å². The van der Waals surface area contributed by atoms with Crippen molar-refractivity contribution >= 4 is 5.69 Å². The maximum atomic E-state index is 5.40. The fraction of sp³-hybridized carbons (Fsp3) is 0.200. The Labute approximate surface area is 107 Å². The normalized spacial score (nSPS) is 16.3. The summed E-state index contributed by atoms with van der Waals surface area (Å²) in [6.45, 7) is 1.54. The van der Waals surface area contributed by atoms with Gasteiger partial charge in [-0.15, -0.1) is 0 Å². The van der Waals surface area contributed by atoms with Gasteiger partial charge in [0.2, 0.25) is 0 Å². The second-order valence-corrected chi connectivity index (χ2v) is 3.99. The number of epoxide rings is 1. The van der Waals surface area contributed by atoms with Gasteiger partial charge in [-0.1, -0.05) is 36.4 Å². The molecule has 1 atom stereocenters. The van der Waals surface area contributed by atoms with Gasteiger partial charge in [0.25, 0.3) is 0 Å². The fourth-order valence-electron chi connectivity index (χ4n) is 1.32. The van der Waals surface area contributed by atoms with Crippen LogP contribution in [0.1, 0.15) is 0 Å². The Kier molecular flexibility index (Phi) is 4.61. The molecule has 0 aliphatic carbocycles. The van der Waals surface area contributed by atoms with Crippen LogP contribution in [0.15, 0.2) is 60.7 Å². The molecule has 1 saturated heterocycles. The highest BCUT2D eigenvalue weighted by atomic mass is 16.6. The summed E-state index contributed by atoms with van der Waals surface area (Å²) in [4.78, 5) is 0. The van der Waals surface area contributed by atoms with E-state index < -0.39 is 0 Å². The van der Waals surface area contributed by atoms with Gasteiger partial charge in [0.15, 0.2) is 0 Å². The van der Waals surface area contributed by atoms with E-state index in [4.69, 9.17) is 15.2 Å². The lowest BCUT2D eigenvalue weighted by Gasteiger charge is -2.01. The van der Waals surface area contributed by atoms with Crippen molar-refractivity contribution in [3.8, 4) is 5.75 Å². The van der Waals surface area contributed by atoms with E-state index >= 15 is 0 Å². The topological polar surface area (TPSA) is 47.8 Å². The van der Waals surface area contributed by atoms with Gasteiger partial charge in [-0.3, -0.25) is 0 Å². The Morgan fingerprint density at radius 3 is 2.00 bits per heavy atom. The van der Waals surface area contributed by atoms with Gasteiger partial charge < -0.3 is 15.2 Å². The molecule has 3 nitrogen and oxygen atoms in total. The lowest BCUT2D eigenvalue weighted by atomic mass is 10.3. The molecule has 2 aromatic rings. The van der Waals surface area contributed by atoms with Gasteiger partial charge in [0.1, 0.15) is 18.5 Å². The number of nitrogens with two attached hydrogens (primary N) is 1. The van der Waals surface area contributed by atoms with Crippen LogP contribution in [0.4, 0.5) is 5.69 Å². The van der Waals surface area contributed by atoms with Crippen LogP contribution in [-0.4, -0.2) is 19.3 Å². The highest BCUT2D eigenvalue weighted by Crippen LogP contribution is 2.13. The zero-order chi connectivity index (χ0) is 12.6. The lowest BCUT2D eigenvalue weighted by molar-refractivity contribution is 0.263. The Hall–Kier alpha value is -2.00. The number of anilines is 1. The smallest absolute Gasteiger partial charge is 0.119 e. The molecular formula is C15H17NO2. The van der Waals surface area contributed by atoms with Gasteiger partial charge in [0, 0.05) is 5.69 Å². The predicted molar refractivity (Wildman–Crippen MR) is 72.5 cm³/mol. The first-order valence-electron chi connectivity index (χ1n) is 5.94. The van der Waals surface area contributed by atoms with E-state index in [1.165, 1.54) is 0 Å². The van der Waals surface area contributed by atoms with Gasteiger partial charge in [-0.25, -0.2) is 0 Å². The second kappa shape index (κ2) is 6.67. The van der Waals surface area contributed by atoms with Gasteiger partial charge in [-0.2, -0.15) is 0 Å². The van der Waals surface area contributed by atoms with Crippen molar-refractivity contribution in [3.63, 3.8) is 0 Å². The van der Waals surface area contributed by atoms with Crippen LogP contribution >= 0.6 is 0 Å². The fourth-order valence-corrected chi connectivity index (χ4v) is 1.32. The molecule has 0 saturated carbocycles. The first-order valence-corrected chi connectivity index (χ1v) is 5.94. The van der Waals surface area contributed by atoms with E-state index in [2.05, 4.69) is 0 Å². The monoisotopic (exact) mass is 243 g/mol. The zero-order valence-electron chi connectivity index (χ0n) is 10.2. The molecule has 2 N–H and O–H groups in total. The summed E-state index contributed by atoms with van der Waals surface area (Å²) in [6, 6.07) is 19.3. The molecule has 3 heteroatoms. The number of hydrogen-bond acceptors (Lipinski definition) is 3. The molecule has 0 bridgehead atoms. The van der Waals surface area contributed by atoms with Crippen molar-refractivity contribution in [2.24, 2.45) is 0 Å². The number of nitrogen functional groups attached to an aromatic ring is 1. The molecule has 1 fully saturated rings. The minimum absolute atomic E-state index is 0.343. The van der Waals surface area contributed by atoms with Gasteiger partial charge >= 0.3 is 0 Å². The lowest BCUT2D eigenvalue weighted by Crippen LogP contribution is -2.03. The molecule has 0 aromatic heterocycles. The summed E-state index contributed by atoms with van der Waals surface area (Å²) < 4.78 is 10.4. The largest absolute Gasteiger partial charge is 0.491 e. The van der Waals surface area contributed by atoms with Crippen molar-refractivity contribution in [3.05, 3.63) is 60.7 Å². The van der Waals surface area contributed by atoms with Crippen molar-refractivity contribution in [2.45, 2.75) is 6.10 Å². The van der Waals surface area contributed by atoms with Crippen LogP contribution in [-0.2, 0) is 4.74 Å². The SMILES string of the molecule is Nc1ccccc1.c1ccc(OCC2CO2)cc1. The molecule has 1 unspecified atom stereocenters. The Balaban J connectivity index is 0.000000149. The summed E-state index contributed by atoms with van der Waals surface area (Å²) in [7, 11) is 0. The minimum Gasteiger partial charge on any atom is -0.491 e. The van der Waals surface area contributed by atoms with E-state index in [0.717, 1.165) is 18.0 Å². The second-order valence-electron chi connectivity index (χ2n) is 3.99. The molecule has 94 valence electrons. The number of rotatable bonds is 3. The van der Waals surface area contributed by atoms with Crippen LogP contribution in [0, 0.1) is 0 Å². The average molecular weight is 243 g/mol. The molecular weight excluding hydrogens is 226 g/mol. The molecule has 0 spiro atoms. The molecule has 0 amide bonds. The summed E-state index contributed by atoms with van der Waals surface area (Å²) in [5, 5.41) is 0. The Morgan fingerprint density at radius 1 is 1.00 bits per heavy atom. The molecule has 1 aliphatic rings. The maximum absolute atomic E-state index is 5.40. The summed E-state index contributed by atoms with van der Waals surface area (Å²) in [6.07, 6.45) is 0.343. The molecule has 1 heterocycles. The minimum atomic E-state index is 0.343. The van der Waals surface area contributed by atoms with E-state index in [1.54, 1.807) is 0 Å². The van der Waals surface area contributed by atoms with Crippen LogP contribution in [0.2, 0.25) is 0 Å². The van der Waals surface area contributed by atoms with E-state index in [-0.39, 0.29) is 0 Å². The predicted octanol–water partition coefficient (Wildman–Crippen LogP) is 2.73. The zero-order valence-corrected chi connectivity index (χ0v) is 10.2. The highest BCUT2D eigenvalue weighted by Gasteiger charge is 2.22. The van der Waals surface area contributed by atoms with Crippen LogP contribution in [0.3, 0.4) is 0 Å². The van der Waals surface area contributed by atoms with Crippen molar-refractivity contribution in [1.29, 1.82) is 0 Å². The van der Waals surface area contributed by atoms with Crippen molar-refractivity contribution < 1.29 is 9.47 Å². The number of ether oxygens (including phenoxy) is 2. The summed E-state index contributed by atoms with van der Waals surface area (Å²) in [5.41, 5.74) is 6.18. The van der Waals surface area contributed by atoms with Crippen LogP contribution < -0.4 is 10.5 Å². The van der Waals surface area contributed by atoms with Crippen molar-refractivity contribution in [1.82, 2.24) is 0 Å².